The van der Waals surface area contributed by atoms with E-state index in [0.29, 0.717) is 10.5 Å². The standard InChI is InChI=1S/C14H18N2O4S/c1-8(2)15-14(20)16-12(17)7-21-10-5-4-9(3)11(6-10)13(18)19/h4-6,8H,7H2,1-3H3,(H,18,19)(H2,15,16,17,20). The number of aromatic carboxylic acids is 1. The van der Waals surface area contributed by atoms with Crippen LogP contribution in [0.4, 0.5) is 4.79 Å². The molecule has 0 unspecified atom stereocenters. The van der Waals surface area contributed by atoms with Gasteiger partial charge in [-0.15, -0.1) is 11.8 Å². The quantitative estimate of drug-likeness (QED) is 0.723. The van der Waals surface area contributed by atoms with Crippen molar-refractivity contribution in [2.75, 3.05) is 5.75 Å². The number of benzene rings is 1. The molecule has 7 heteroatoms. The second-order valence-electron chi connectivity index (χ2n) is 4.75. The van der Waals surface area contributed by atoms with Crippen molar-refractivity contribution < 1.29 is 19.5 Å². The monoisotopic (exact) mass is 310 g/mol. The van der Waals surface area contributed by atoms with Gasteiger partial charge in [-0.05, 0) is 38.5 Å². The number of carbonyl (C=O) groups is 3. The highest BCUT2D eigenvalue weighted by Crippen LogP contribution is 2.21. The summed E-state index contributed by atoms with van der Waals surface area (Å²) in [6, 6.07) is 4.36. The Morgan fingerprint density at radius 2 is 1.95 bits per heavy atom. The summed E-state index contributed by atoms with van der Waals surface area (Å²) in [5, 5.41) is 13.8. The molecule has 1 aromatic carbocycles. The number of aryl methyl sites for hydroxylation is 1. The highest BCUT2D eigenvalue weighted by atomic mass is 32.2. The van der Waals surface area contributed by atoms with Crippen LogP contribution in [-0.4, -0.2) is 34.8 Å². The van der Waals surface area contributed by atoms with Crippen LogP contribution in [0.15, 0.2) is 23.1 Å². The van der Waals surface area contributed by atoms with E-state index in [1.54, 1.807) is 32.9 Å². The Balaban J connectivity index is 2.55. The third kappa shape index (κ3) is 5.86. The average Bonchev–Trinajstić information content (AvgIpc) is 2.36. The number of hydrogen-bond donors (Lipinski definition) is 3. The van der Waals surface area contributed by atoms with E-state index in [0.717, 1.165) is 0 Å². The van der Waals surface area contributed by atoms with Crippen molar-refractivity contribution >= 4 is 29.7 Å². The number of nitrogens with one attached hydrogen (secondary N) is 2. The number of carbonyl (C=O) groups excluding carboxylic acids is 2. The molecule has 1 aromatic rings. The first-order valence-corrected chi connectivity index (χ1v) is 7.35. The fourth-order valence-electron chi connectivity index (χ4n) is 1.53. The van der Waals surface area contributed by atoms with Crippen molar-refractivity contribution in [3.05, 3.63) is 29.3 Å². The van der Waals surface area contributed by atoms with Gasteiger partial charge in [-0.2, -0.15) is 0 Å². The highest BCUT2D eigenvalue weighted by molar-refractivity contribution is 8.00. The zero-order valence-corrected chi connectivity index (χ0v) is 12.9. The number of hydrogen-bond acceptors (Lipinski definition) is 4. The Labute approximate surface area is 127 Å². The number of carboxylic acid groups (broad SMARTS) is 1. The van der Waals surface area contributed by atoms with Gasteiger partial charge >= 0.3 is 12.0 Å². The van der Waals surface area contributed by atoms with E-state index in [1.165, 1.54) is 17.8 Å². The Morgan fingerprint density at radius 3 is 2.52 bits per heavy atom. The van der Waals surface area contributed by atoms with Gasteiger partial charge < -0.3 is 10.4 Å². The minimum atomic E-state index is -1.00. The van der Waals surface area contributed by atoms with Gasteiger partial charge in [0, 0.05) is 10.9 Å². The van der Waals surface area contributed by atoms with Gasteiger partial charge in [0.15, 0.2) is 0 Å². The fraction of sp³-hybridized carbons (Fsp3) is 0.357. The minimum absolute atomic E-state index is 0.0354. The molecule has 0 aliphatic heterocycles. The van der Waals surface area contributed by atoms with Gasteiger partial charge in [-0.3, -0.25) is 10.1 Å². The second kappa shape index (κ2) is 7.68. The van der Waals surface area contributed by atoms with Gasteiger partial charge in [0.2, 0.25) is 5.91 Å². The van der Waals surface area contributed by atoms with Gasteiger partial charge in [-0.25, -0.2) is 9.59 Å². The van der Waals surface area contributed by atoms with Crippen LogP contribution < -0.4 is 10.6 Å². The van der Waals surface area contributed by atoms with Crippen molar-refractivity contribution in [2.45, 2.75) is 31.7 Å². The Morgan fingerprint density at radius 1 is 1.29 bits per heavy atom. The van der Waals surface area contributed by atoms with Crippen LogP contribution in [0.1, 0.15) is 29.8 Å². The molecule has 0 saturated heterocycles. The molecule has 3 N–H and O–H groups in total. The van der Waals surface area contributed by atoms with Crippen LogP contribution >= 0.6 is 11.8 Å². The summed E-state index contributed by atoms with van der Waals surface area (Å²) in [6.45, 7) is 5.29. The maximum atomic E-state index is 11.6. The lowest BCUT2D eigenvalue weighted by Gasteiger charge is -2.09. The van der Waals surface area contributed by atoms with Crippen molar-refractivity contribution in [1.82, 2.24) is 10.6 Å². The molecule has 21 heavy (non-hydrogen) atoms. The van der Waals surface area contributed by atoms with Gasteiger partial charge in [0.1, 0.15) is 0 Å². The lowest BCUT2D eigenvalue weighted by molar-refractivity contribution is -0.117. The van der Waals surface area contributed by atoms with Crippen LogP contribution in [0.5, 0.6) is 0 Å². The van der Waals surface area contributed by atoms with Crippen molar-refractivity contribution in [1.29, 1.82) is 0 Å². The number of imide groups is 1. The van der Waals surface area contributed by atoms with E-state index in [1.807, 2.05) is 0 Å². The van der Waals surface area contributed by atoms with Crippen LogP contribution in [0.25, 0.3) is 0 Å². The third-order valence-corrected chi connectivity index (χ3v) is 3.48. The van der Waals surface area contributed by atoms with Crippen LogP contribution in [-0.2, 0) is 4.79 Å². The highest BCUT2D eigenvalue weighted by Gasteiger charge is 2.11. The van der Waals surface area contributed by atoms with Gasteiger partial charge in [-0.1, -0.05) is 6.07 Å². The normalized spacial score (nSPS) is 10.3. The number of carboxylic acids is 1. The van der Waals surface area contributed by atoms with Crippen LogP contribution in [0.2, 0.25) is 0 Å². The fourth-order valence-corrected chi connectivity index (χ4v) is 2.27. The molecule has 114 valence electrons. The lowest BCUT2D eigenvalue weighted by atomic mass is 10.1. The molecule has 3 amide bonds. The third-order valence-electron chi connectivity index (χ3n) is 2.48. The zero-order chi connectivity index (χ0) is 16.0. The van der Waals surface area contributed by atoms with Crippen LogP contribution in [0, 0.1) is 6.92 Å². The molecule has 0 atom stereocenters. The van der Waals surface area contributed by atoms with E-state index >= 15 is 0 Å². The average molecular weight is 310 g/mol. The molecule has 0 fully saturated rings. The van der Waals surface area contributed by atoms with Crippen LogP contribution in [0.3, 0.4) is 0 Å². The molecule has 1 rings (SSSR count). The number of rotatable bonds is 5. The van der Waals surface area contributed by atoms with Crippen molar-refractivity contribution in [3.8, 4) is 0 Å². The molecule has 0 heterocycles. The van der Waals surface area contributed by atoms with E-state index in [9.17, 15) is 14.4 Å². The van der Waals surface area contributed by atoms with Crippen molar-refractivity contribution in [3.63, 3.8) is 0 Å². The summed E-state index contributed by atoms with van der Waals surface area (Å²) in [5.74, 6) is -1.40. The summed E-state index contributed by atoms with van der Waals surface area (Å²) in [6.07, 6.45) is 0. The Kier molecular flexibility index (Phi) is 6.23. The maximum absolute atomic E-state index is 11.6. The van der Waals surface area contributed by atoms with E-state index in [2.05, 4.69) is 10.6 Å². The second-order valence-corrected chi connectivity index (χ2v) is 5.80. The summed E-state index contributed by atoms with van der Waals surface area (Å²) in [4.78, 5) is 34.6. The summed E-state index contributed by atoms with van der Waals surface area (Å²) in [5.41, 5.74) is 0.866. The molecule has 0 saturated carbocycles. The first-order chi connectivity index (χ1) is 9.79. The molecule has 0 bridgehead atoms. The first kappa shape index (κ1) is 17.0. The zero-order valence-electron chi connectivity index (χ0n) is 12.1. The SMILES string of the molecule is Cc1ccc(SCC(=O)NC(=O)NC(C)C)cc1C(=O)O. The topological polar surface area (TPSA) is 95.5 Å². The molecule has 0 aliphatic carbocycles. The smallest absolute Gasteiger partial charge is 0.335 e. The minimum Gasteiger partial charge on any atom is -0.478 e. The number of thioether (sulfide) groups is 1. The molecular formula is C14H18N2O4S. The summed E-state index contributed by atoms with van der Waals surface area (Å²) >= 11 is 1.17. The number of amides is 3. The Bertz CT molecular complexity index is 558. The predicted molar refractivity (Wildman–Crippen MR) is 80.7 cm³/mol. The van der Waals surface area contributed by atoms with E-state index < -0.39 is 17.9 Å². The summed E-state index contributed by atoms with van der Waals surface area (Å²) < 4.78 is 0. The molecule has 0 aliphatic rings. The Hall–Kier alpha value is -2.02. The van der Waals surface area contributed by atoms with E-state index in [-0.39, 0.29) is 17.4 Å². The summed E-state index contributed by atoms with van der Waals surface area (Å²) in [7, 11) is 0. The number of urea groups is 1. The maximum Gasteiger partial charge on any atom is 0.335 e. The molecule has 0 spiro atoms. The van der Waals surface area contributed by atoms with Gasteiger partial charge in [0.05, 0.1) is 11.3 Å². The molecule has 0 aromatic heterocycles. The molecular weight excluding hydrogens is 292 g/mol. The van der Waals surface area contributed by atoms with Crippen molar-refractivity contribution in [2.24, 2.45) is 0 Å². The predicted octanol–water partition coefficient (Wildman–Crippen LogP) is 2.02. The molecule has 0 radical (unpaired) electrons. The van der Waals surface area contributed by atoms with Gasteiger partial charge in [0.25, 0.3) is 0 Å². The molecule has 6 nitrogen and oxygen atoms in total. The lowest BCUT2D eigenvalue weighted by Crippen LogP contribution is -2.43. The first-order valence-electron chi connectivity index (χ1n) is 6.36. The largest absolute Gasteiger partial charge is 0.478 e. The van der Waals surface area contributed by atoms with E-state index in [4.69, 9.17) is 5.11 Å².